The maximum absolute atomic E-state index is 12.9. The average Bonchev–Trinajstić information content (AvgIpc) is 3.17. The van der Waals surface area contributed by atoms with Crippen molar-refractivity contribution >= 4 is 23.7 Å². The molecule has 4 atom stereocenters. The van der Waals surface area contributed by atoms with E-state index in [9.17, 15) is 19.2 Å². The number of fused-ring (bicyclic) bond motifs is 1. The van der Waals surface area contributed by atoms with Gasteiger partial charge in [-0.25, -0.2) is 0 Å². The third-order valence-corrected chi connectivity index (χ3v) is 6.89. The van der Waals surface area contributed by atoms with Gasteiger partial charge >= 0.3 is 5.97 Å². The zero-order valence-corrected chi connectivity index (χ0v) is 17.2. The van der Waals surface area contributed by atoms with Crippen molar-refractivity contribution in [1.82, 2.24) is 15.1 Å². The Hall–Kier alpha value is -1.96. The molecule has 0 spiro atoms. The summed E-state index contributed by atoms with van der Waals surface area (Å²) >= 11 is 0. The summed E-state index contributed by atoms with van der Waals surface area (Å²) in [6.45, 7) is 2.08. The molecule has 1 saturated carbocycles. The Bertz CT molecular complexity index is 675. The summed E-state index contributed by atoms with van der Waals surface area (Å²) in [5.74, 6) is -2.57. The molecule has 0 radical (unpaired) electrons. The fourth-order valence-electron chi connectivity index (χ4n) is 5.31. The molecule has 156 valence electrons. The van der Waals surface area contributed by atoms with Gasteiger partial charge in [0.05, 0.1) is 18.9 Å². The van der Waals surface area contributed by atoms with Crippen LogP contribution in [-0.2, 0) is 23.9 Å². The molecular formula is C20H31N3O5. The number of imide groups is 1. The maximum Gasteiger partial charge on any atom is 0.326 e. The molecule has 2 aliphatic heterocycles. The van der Waals surface area contributed by atoms with Gasteiger partial charge in [0, 0.05) is 32.6 Å². The molecule has 3 rings (SSSR count). The SMILES string of the molecule is CC[C@@]1(C(=O)OC)N[C@H](CN(C)C(=O)C2CCCCC2)[C@@H]2C(=O)N(C)C(=O)[C@@H]21. The molecule has 3 amide bonds. The van der Waals surface area contributed by atoms with Crippen molar-refractivity contribution in [2.45, 2.75) is 57.0 Å². The third-order valence-electron chi connectivity index (χ3n) is 6.89. The molecule has 0 aromatic heterocycles. The molecule has 2 heterocycles. The van der Waals surface area contributed by atoms with Gasteiger partial charge in [0.2, 0.25) is 17.7 Å². The molecule has 1 aliphatic carbocycles. The Morgan fingerprint density at radius 2 is 1.86 bits per heavy atom. The van der Waals surface area contributed by atoms with Gasteiger partial charge in [0.15, 0.2) is 0 Å². The van der Waals surface area contributed by atoms with Crippen LogP contribution in [-0.4, -0.2) is 72.8 Å². The summed E-state index contributed by atoms with van der Waals surface area (Å²) in [4.78, 5) is 53.8. The van der Waals surface area contributed by atoms with Crippen LogP contribution in [0, 0.1) is 17.8 Å². The number of carbonyl (C=O) groups is 4. The fourth-order valence-corrected chi connectivity index (χ4v) is 5.31. The minimum absolute atomic E-state index is 0.0241. The summed E-state index contributed by atoms with van der Waals surface area (Å²) in [6, 6.07) is -0.469. The van der Waals surface area contributed by atoms with E-state index >= 15 is 0 Å². The minimum Gasteiger partial charge on any atom is -0.468 e. The Labute approximate surface area is 165 Å². The van der Waals surface area contributed by atoms with Crippen LogP contribution in [0.15, 0.2) is 0 Å². The summed E-state index contributed by atoms with van der Waals surface area (Å²) in [6.07, 6.45) is 5.42. The Morgan fingerprint density at radius 1 is 1.21 bits per heavy atom. The lowest BCUT2D eigenvalue weighted by molar-refractivity contribution is -0.154. The van der Waals surface area contributed by atoms with Crippen LogP contribution in [0.25, 0.3) is 0 Å². The van der Waals surface area contributed by atoms with E-state index < -0.39 is 29.4 Å². The number of nitrogens with zero attached hydrogens (tertiary/aromatic N) is 2. The van der Waals surface area contributed by atoms with Crippen molar-refractivity contribution in [3.8, 4) is 0 Å². The van der Waals surface area contributed by atoms with Gasteiger partial charge in [-0.15, -0.1) is 0 Å². The lowest BCUT2D eigenvalue weighted by atomic mass is 9.78. The molecule has 8 heteroatoms. The summed E-state index contributed by atoms with van der Waals surface area (Å²) in [7, 11) is 4.48. The van der Waals surface area contributed by atoms with Gasteiger partial charge in [0.25, 0.3) is 0 Å². The molecule has 8 nitrogen and oxygen atoms in total. The van der Waals surface area contributed by atoms with Gasteiger partial charge in [0.1, 0.15) is 5.54 Å². The quantitative estimate of drug-likeness (QED) is 0.541. The maximum atomic E-state index is 12.9. The third kappa shape index (κ3) is 3.11. The highest BCUT2D eigenvalue weighted by atomic mass is 16.5. The highest BCUT2D eigenvalue weighted by Crippen LogP contribution is 2.44. The normalized spacial score (nSPS) is 33.1. The predicted octanol–water partition coefficient (Wildman–Crippen LogP) is 0.550. The molecule has 0 unspecified atom stereocenters. The number of esters is 1. The molecule has 0 aromatic carbocycles. The van der Waals surface area contributed by atoms with Gasteiger partial charge < -0.3 is 9.64 Å². The fraction of sp³-hybridized carbons (Fsp3) is 0.800. The molecule has 1 N–H and O–H groups in total. The van der Waals surface area contributed by atoms with E-state index in [-0.39, 0.29) is 30.2 Å². The monoisotopic (exact) mass is 393 g/mol. The molecule has 0 bridgehead atoms. The second-order valence-corrected chi connectivity index (χ2v) is 8.36. The van der Waals surface area contributed by atoms with Crippen molar-refractivity contribution in [2.24, 2.45) is 17.8 Å². The second-order valence-electron chi connectivity index (χ2n) is 8.36. The van der Waals surface area contributed by atoms with Crippen LogP contribution < -0.4 is 5.32 Å². The molecule has 28 heavy (non-hydrogen) atoms. The number of nitrogens with one attached hydrogen (secondary N) is 1. The van der Waals surface area contributed by atoms with E-state index in [0.717, 1.165) is 30.6 Å². The smallest absolute Gasteiger partial charge is 0.326 e. The van der Waals surface area contributed by atoms with E-state index in [1.54, 1.807) is 18.9 Å². The first-order chi connectivity index (χ1) is 13.3. The lowest BCUT2D eigenvalue weighted by Gasteiger charge is -2.32. The zero-order chi connectivity index (χ0) is 20.6. The van der Waals surface area contributed by atoms with E-state index in [2.05, 4.69) is 5.32 Å². The summed E-state index contributed by atoms with van der Waals surface area (Å²) in [5, 5.41) is 3.24. The number of likely N-dealkylation sites (N-methyl/N-ethyl adjacent to an activating group) is 1. The van der Waals surface area contributed by atoms with Crippen molar-refractivity contribution in [1.29, 1.82) is 0 Å². The second kappa shape index (κ2) is 7.81. The lowest BCUT2D eigenvalue weighted by Crippen LogP contribution is -2.58. The Kier molecular flexibility index (Phi) is 5.79. The van der Waals surface area contributed by atoms with E-state index in [0.29, 0.717) is 6.42 Å². The van der Waals surface area contributed by atoms with Crippen LogP contribution in [0.5, 0.6) is 0 Å². The largest absolute Gasteiger partial charge is 0.468 e. The van der Waals surface area contributed by atoms with Crippen molar-refractivity contribution < 1.29 is 23.9 Å². The highest BCUT2D eigenvalue weighted by Gasteiger charge is 2.67. The zero-order valence-electron chi connectivity index (χ0n) is 17.2. The Morgan fingerprint density at radius 3 is 2.43 bits per heavy atom. The molecular weight excluding hydrogens is 362 g/mol. The minimum atomic E-state index is -1.24. The first-order valence-corrected chi connectivity index (χ1v) is 10.2. The van der Waals surface area contributed by atoms with Crippen LogP contribution >= 0.6 is 0 Å². The van der Waals surface area contributed by atoms with Crippen LogP contribution in [0.2, 0.25) is 0 Å². The molecule has 0 aromatic rings. The Balaban J connectivity index is 1.84. The standard InChI is InChI=1S/C20H31N3O5/c1-5-20(19(27)28-4)15-14(17(25)23(3)18(15)26)13(21-20)11-22(2)16(24)12-9-7-6-8-10-12/h12-15,21H,5-11H2,1-4H3/t13-,14+,15-,20-/m1/s1. The predicted molar refractivity (Wildman–Crippen MR) is 101 cm³/mol. The van der Waals surface area contributed by atoms with E-state index in [1.165, 1.54) is 20.6 Å². The summed E-state index contributed by atoms with van der Waals surface area (Å²) in [5.41, 5.74) is -1.24. The van der Waals surface area contributed by atoms with Crippen molar-refractivity contribution in [3.63, 3.8) is 0 Å². The number of rotatable bonds is 5. The van der Waals surface area contributed by atoms with Gasteiger partial charge in [-0.2, -0.15) is 0 Å². The molecule has 3 aliphatic rings. The first kappa shape index (κ1) is 20.8. The number of amides is 3. The first-order valence-electron chi connectivity index (χ1n) is 10.2. The number of ether oxygens (including phenoxy) is 1. The number of methoxy groups -OCH3 is 1. The molecule has 3 fully saturated rings. The number of hydrogen-bond acceptors (Lipinski definition) is 6. The van der Waals surface area contributed by atoms with Crippen LogP contribution in [0.4, 0.5) is 0 Å². The van der Waals surface area contributed by atoms with Gasteiger partial charge in [-0.3, -0.25) is 29.4 Å². The van der Waals surface area contributed by atoms with Gasteiger partial charge in [-0.05, 0) is 19.3 Å². The molecule has 2 saturated heterocycles. The summed E-state index contributed by atoms with van der Waals surface area (Å²) < 4.78 is 4.99. The van der Waals surface area contributed by atoms with Crippen LogP contribution in [0.1, 0.15) is 45.4 Å². The number of hydrogen-bond donors (Lipinski definition) is 1. The van der Waals surface area contributed by atoms with E-state index in [1.807, 2.05) is 0 Å². The number of likely N-dealkylation sites (tertiary alicyclic amines) is 1. The average molecular weight is 393 g/mol. The van der Waals surface area contributed by atoms with Crippen LogP contribution in [0.3, 0.4) is 0 Å². The topological polar surface area (TPSA) is 96.0 Å². The van der Waals surface area contributed by atoms with Gasteiger partial charge in [-0.1, -0.05) is 26.2 Å². The van der Waals surface area contributed by atoms with Crippen molar-refractivity contribution in [3.05, 3.63) is 0 Å². The van der Waals surface area contributed by atoms with Crippen molar-refractivity contribution in [2.75, 3.05) is 27.7 Å². The number of carbonyl (C=O) groups excluding carboxylic acids is 4. The van der Waals surface area contributed by atoms with E-state index in [4.69, 9.17) is 4.74 Å². The highest BCUT2D eigenvalue weighted by molar-refractivity contribution is 6.09.